The van der Waals surface area contributed by atoms with Crippen LogP contribution in [0.3, 0.4) is 0 Å². The van der Waals surface area contributed by atoms with E-state index in [0.29, 0.717) is 34.3 Å². The predicted octanol–water partition coefficient (Wildman–Crippen LogP) is 4.30. The van der Waals surface area contributed by atoms with Crippen LogP contribution in [-0.4, -0.2) is 29.9 Å². The van der Waals surface area contributed by atoms with E-state index in [-0.39, 0.29) is 18.4 Å². The molecule has 0 spiro atoms. The summed E-state index contributed by atoms with van der Waals surface area (Å²) in [5, 5.41) is 16.9. The molecule has 0 fully saturated rings. The number of rotatable bonds is 7. The van der Waals surface area contributed by atoms with Crippen LogP contribution in [-0.2, 0) is 0 Å². The third-order valence-corrected chi connectivity index (χ3v) is 4.95. The molecule has 0 radical (unpaired) electrons. The summed E-state index contributed by atoms with van der Waals surface area (Å²) < 4.78 is 0. The SMILES string of the molecule is Cc1cc(Cl)cc(C(=O)NC/C(=N\O)C(CCN)c2ccc(Cl)c(C)c2)c1. The molecule has 27 heavy (non-hydrogen) atoms. The predicted molar refractivity (Wildman–Crippen MR) is 110 cm³/mol. The van der Waals surface area contributed by atoms with E-state index >= 15 is 0 Å². The molecule has 5 nitrogen and oxygen atoms in total. The van der Waals surface area contributed by atoms with Crippen molar-refractivity contribution >= 4 is 34.8 Å². The number of aryl methyl sites for hydroxylation is 2. The Labute approximate surface area is 169 Å². The summed E-state index contributed by atoms with van der Waals surface area (Å²) in [6, 6.07) is 10.7. The van der Waals surface area contributed by atoms with E-state index in [1.54, 1.807) is 24.3 Å². The maximum Gasteiger partial charge on any atom is 0.251 e. The molecular formula is C20H23Cl2N3O2. The third kappa shape index (κ3) is 5.70. The summed E-state index contributed by atoms with van der Waals surface area (Å²) in [6.45, 7) is 4.27. The highest BCUT2D eigenvalue weighted by Gasteiger charge is 2.20. The summed E-state index contributed by atoms with van der Waals surface area (Å²) in [7, 11) is 0. The molecule has 144 valence electrons. The molecule has 0 heterocycles. The number of nitrogens with one attached hydrogen (secondary N) is 1. The molecule has 0 bridgehead atoms. The van der Waals surface area contributed by atoms with Crippen LogP contribution in [0.25, 0.3) is 0 Å². The zero-order valence-corrected chi connectivity index (χ0v) is 16.8. The number of nitrogens with zero attached hydrogens (tertiary/aromatic N) is 1. The van der Waals surface area contributed by atoms with Crippen LogP contribution >= 0.6 is 23.2 Å². The van der Waals surface area contributed by atoms with E-state index in [1.807, 2.05) is 26.0 Å². The number of amides is 1. The first-order valence-electron chi connectivity index (χ1n) is 8.58. The van der Waals surface area contributed by atoms with Crippen LogP contribution in [0.15, 0.2) is 41.6 Å². The second kappa shape index (κ2) is 9.74. The average molecular weight is 408 g/mol. The van der Waals surface area contributed by atoms with Crippen molar-refractivity contribution in [3.8, 4) is 0 Å². The van der Waals surface area contributed by atoms with E-state index in [4.69, 9.17) is 28.9 Å². The standard InChI is InChI=1S/C20H23Cl2N3O2/c1-12-7-15(10-16(21)8-12)20(26)24-11-19(25-27)17(5-6-23)14-3-4-18(22)13(2)9-14/h3-4,7-10,17,27H,5-6,11,23H2,1-2H3,(H,24,26)/b25-19+. The van der Waals surface area contributed by atoms with Gasteiger partial charge in [-0.2, -0.15) is 0 Å². The van der Waals surface area contributed by atoms with Gasteiger partial charge in [0.25, 0.3) is 5.91 Å². The molecule has 1 unspecified atom stereocenters. The van der Waals surface area contributed by atoms with E-state index in [9.17, 15) is 10.0 Å². The fraction of sp³-hybridized carbons (Fsp3) is 0.300. The second-order valence-electron chi connectivity index (χ2n) is 6.43. The van der Waals surface area contributed by atoms with E-state index in [0.717, 1.165) is 16.7 Å². The molecule has 1 amide bonds. The lowest BCUT2D eigenvalue weighted by molar-refractivity contribution is 0.0958. The lowest BCUT2D eigenvalue weighted by Gasteiger charge is -2.19. The average Bonchev–Trinajstić information content (AvgIpc) is 2.62. The summed E-state index contributed by atoms with van der Waals surface area (Å²) in [5.41, 5.74) is 9.37. The first kappa shape index (κ1) is 21.2. The smallest absolute Gasteiger partial charge is 0.251 e. The molecular weight excluding hydrogens is 385 g/mol. The first-order valence-corrected chi connectivity index (χ1v) is 9.33. The molecule has 7 heteroatoms. The summed E-state index contributed by atoms with van der Waals surface area (Å²) in [4.78, 5) is 12.4. The van der Waals surface area contributed by atoms with Gasteiger partial charge in [0.15, 0.2) is 0 Å². The molecule has 0 aliphatic carbocycles. The van der Waals surface area contributed by atoms with Crippen LogP contribution in [0, 0.1) is 13.8 Å². The first-order chi connectivity index (χ1) is 12.8. The number of hydrogen-bond donors (Lipinski definition) is 3. The van der Waals surface area contributed by atoms with Crippen LogP contribution < -0.4 is 11.1 Å². The number of nitrogens with two attached hydrogens (primary N) is 1. The normalized spacial score (nSPS) is 12.7. The highest BCUT2D eigenvalue weighted by atomic mass is 35.5. The Morgan fingerprint density at radius 3 is 2.56 bits per heavy atom. The minimum absolute atomic E-state index is 0.0905. The molecule has 0 aliphatic rings. The van der Waals surface area contributed by atoms with Gasteiger partial charge >= 0.3 is 0 Å². The molecule has 0 saturated heterocycles. The van der Waals surface area contributed by atoms with Crippen LogP contribution in [0.4, 0.5) is 0 Å². The minimum Gasteiger partial charge on any atom is -0.411 e. The summed E-state index contributed by atoms with van der Waals surface area (Å²) in [5.74, 6) is -0.516. The van der Waals surface area contributed by atoms with Gasteiger partial charge in [-0.05, 0) is 67.8 Å². The quantitative estimate of drug-likeness (QED) is 0.363. The van der Waals surface area contributed by atoms with Gasteiger partial charge in [0, 0.05) is 21.5 Å². The monoisotopic (exact) mass is 407 g/mol. The minimum atomic E-state index is -0.291. The molecule has 1 atom stereocenters. The van der Waals surface area contributed by atoms with Gasteiger partial charge in [0.1, 0.15) is 0 Å². The number of carbonyl (C=O) groups excluding carboxylic acids is 1. The molecule has 2 rings (SSSR count). The van der Waals surface area contributed by atoms with Crippen LogP contribution in [0.2, 0.25) is 10.0 Å². The molecule has 0 aliphatic heterocycles. The maximum absolute atomic E-state index is 12.4. The fourth-order valence-corrected chi connectivity index (χ4v) is 3.35. The van der Waals surface area contributed by atoms with E-state index < -0.39 is 0 Å². The Hall–Kier alpha value is -2.08. The topological polar surface area (TPSA) is 87.7 Å². The third-order valence-electron chi connectivity index (χ3n) is 4.30. The summed E-state index contributed by atoms with van der Waals surface area (Å²) >= 11 is 12.1. The Bertz CT molecular complexity index is 833. The van der Waals surface area contributed by atoms with Gasteiger partial charge in [-0.1, -0.05) is 40.5 Å². The fourth-order valence-electron chi connectivity index (χ4n) is 2.95. The Kier molecular flexibility index (Phi) is 7.66. The second-order valence-corrected chi connectivity index (χ2v) is 7.27. The Morgan fingerprint density at radius 2 is 1.96 bits per heavy atom. The Morgan fingerprint density at radius 1 is 1.22 bits per heavy atom. The van der Waals surface area contributed by atoms with Gasteiger partial charge in [0.05, 0.1) is 12.3 Å². The van der Waals surface area contributed by atoms with Gasteiger partial charge < -0.3 is 16.3 Å². The van der Waals surface area contributed by atoms with Gasteiger partial charge in [-0.25, -0.2) is 0 Å². The van der Waals surface area contributed by atoms with Crippen molar-refractivity contribution in [2.75, 3.05) is 13.1 Å². The number of benzene rings is 2. The zero-order chi connectivity index (χ0) is 20.0. The Balaban J connectivity index is 2.17. The van der Waals surface area contributed by atoms with Crippen LogP contribution in [0.5, 0.6) is 0 Å². The van der Waals surface area contributed by atoms with Gasteiger partial charge in [-0.3, -0.25) is 4.79 Å². The lowest BCUT2D eigenvalue weighted by Crippen LogP contribution is -2.33. The van der Waals surface area contributed by atoms with Crippen molar-refractivity contribution in [1.29, 1.82) is 0 Å². The highest BCUT2D eigenvalue weighted by Crippen LogP contribution is 2.25. The van der Waals surface area contributed by atoms with Crippen molar-refractivity contribution < 1.29 is 10.0 Å². The van der Waals surface area contributed by atoms with Crippen LogP contribution in [0.1, 0.15) is 39.4 Å². The van der Waals surface area contributed by atoms with Crippen molar-refractivity contribution in [3.05, 3.63) is 68.7 Å². The lowest BCUT2D eigenvalue weighted by atomic mass is 9.90. The summed E-state index contributed by atoms with van der Waals surface area (Å²) in [6.07, 6.45) is 0.576. The van der Waals surface area contributed by atoms with E-state index in [1.165, 1.54) is 0 Å². The molecule has 4 N–H and O–H groups in total. The molecule has 2 aromatic rings. The number of halogens is 2. The highest BCUT2D eigenvalue weighted by molar-refractivity contribution is 6.31. The number of hydrogen-bond acceptors (Lipinski definition) is 4. The molecule has 0 aromatic heterocycles. The van der Waals surface area contributed by atoms with Crippen molar-refractivity contribution in [2.24, 2.45) is 10.9 Å². The zero-order valence-electron chi connectivity index (χ0n) is 15.3. The molecule has 2 aromatic carbocycles. The number of carbonyl (C=O) groups is 1. The van der Waals surface area contributed by atoms with Crippen molar-refractivity contribution in [2.45, 2.75) is 26.2 Å². The van der Waals surface area contributed by atoms with Crippen molar-refractivity contribution in [3.63, 3.8) is 0 Å². The number of oxime groups is 1. The molecule has 0 saturated carbocycles. The maximum atomic E-state index is 12.4. The van der Waals surface area contributed by atoms with E-state index in [2.05, 4.69) is 10.5 Å². The van der Waals surface area contributed by atoms with Crippen molar-refractivity contribution in [1.82, 2.24) is 5.32 Å². The van der Waals surface area contributed by atoms with Gasteiger partial charge in [0.2, 0.25) is 0 Å². The van der Waals surface area contributed by atoms with Gasteiger partial charge in [-0.15, -0.1) is 0 Å². The largest absolute Gasteiger partial charge is 0.411 e.